The summed E-state index contributed by atoms with van der Waals surface area (Å²) in [5.41, 5.74) is 1.44. The highest BCUT2D eigenvalue weighted by atomic mass is 35.5. The number of para-hydroxylation sites is 1. The molecule has 36 heavy (non-hydrogen) atoms. The molecule has 8 nitrogen and oxygen atoms in total. The zero-order valence-corrected chi connectivity index (χ0v) is 21.8. The zero-order chi connectivity index (χ0) is 25.9. The fourth-order valence-electron chi connectivity index (χ4n) is 3.61. The zero-order valence-electron chi connectivity index (χ0n) is 19.4. The number of hydrogen-bond acceptors (Lipinski definition) is 6. The number of benzene rings is 3. The molecule has 4 rings (SSSR count). The Balaban J connectivity index is 1.68. The summed E-state index contributed by atoms with van der Waals surface area (Å²) in [6.45, 7) is 1.87. The predicted octanol–water partition coefficient (Wildman–Crippen LogP) is 4.49. The summed E-state index contributed by atoms with van der Waals surface area (Å²) < 4.78 is 34.8. The monoisotopic (exact) mass is 543 g/mol. The molecule has 3 aromatic carbocycles. The van der Waals surface area contributed by atoms with Gasteiger partial charge in [-0.25, -0.2) is 8.42 Å². The Morgan fingerprint density at radius 3 is 2.39 bits per heavy atom. The molecular formula is C25H22ClN3O5S2. The Morgan fingerprint density at radius 1 is 1.06 bits per heavy atom. The van der Waals surface area contributed by atoms with Crippen molar-refractivity contribution in [1.29, 1.82) is 0 Å². The predicted molar refractivity (Wildman–Crippen MR) is 140 cm³/mol. The maximum absolute atomic E-state index is 13.2. The Bertz CT molecular complexity index is 1590. The maximum Gasteiger partial charge on any atom is 0.325 e. The summed E-state index contributed by atoms with van der Waals surface area (Å²) >= 11 is 7.30. The van der Waals surface area contributed by atoms with Crippen LogP contribution in [0.1, 0.15) is 17.3 Å². The van der Waals surface area contributed by atoms with Crippen LogP contribution in [-0.4, -0.2) is 38.5 Å². The van der Waals surface area contributed by atoms with Crippen LogP contribution in [-0.2, 0) is 26.1 Å². The quantitative estimate of drug-likeness (QED) is 0.320. The number of rotatable bonds is 7. The third-order valence-corrected chi connectivity index (χ3v) is 8.57. The van der Waals surface area contributed by atoms with Crippen molar-refractivity contribution in [2.75, 3.05) is 18.0 Å². The number of sulfonamides is 1. The van der Waals surface area contributed by atoms with Gasteiger partial charge in [0.2, 0.25) is 0 Å². The summed E-state index contributed by atoms with van der Waals surface area (Å²) in [6, 6.07) is 19.6. The van der Waals surface area contributed by atoms with Gasteiger partial charge in [0.25, 0.3) is 15.9 Å². The number of aromatic nitrogens is 1. The highest BCUT2D eigenvalue weighted by molar-refractivity contribution is 7.92. The number of amides is 1. The van der Waals surface area contributed by atoms with Gasteiger partial charge in [0.05, 0.1) is 27.9 Å². The molecule has 0 saturated carbocycles. The Labute approximate surface area is 217 Å². The van der Waals surface area contributed by atoms with Crippen LogP contribution in [0.2, 0.25) is 5.02 Å². The molecule has 0 spiro atoms. The lowest BCUT2D eigenvalue weighted by Gasteiger charge is -2.22. The normalized spacial score (nSPS) is 12.0. The van der Waals surface area contributed by atoms with E-state index in [-0.39, 0.29) is 23.5 Å². The topological polar surface area (TPSA) is 98.0 Å². The van der Waals surface area contributed by atoms with Crippen LogP contribution in [0.25, 0.3) is 10.2 Å². The largest absolute Gasteiger partial charge is 0.468 e. The van der Waals surface area contributed by atoms with Gasteiger partial charge in [0.1, 0.15) is 6.54 Å². The minimum atomic E-state index is -3.82. The van der Waals surface area contributed by atoms with E-state index in [0.29, 0.717) is 21.0 Å². The van der Waals surface area contributed by atoms with Gasteiger partial charge in [-0.1, -0.05) is 41.1 Å². The minimum Gasteiger partial charge on any atom is -0.468 e. The van der Waals surface area contributed by atoms with E-state index in [0.717, 1.165) is 4.70 Å². The molecule has 0 saturated heterocycles. The first-order valence-corrected chi connectivity index (χ1v) is 13.5. The van der Waals surface area contributed by atoms with Crippen LogP contribution < -0.4 is 9.11 Å². The van der Waals surface area contributed by atoms with Crippen molar-refractivity contribution >= 4 is 60.7 Å². The minimum absolute atomic E-state index is 0.0574. The fraction of sp³-hybridized carbons (Fsp3) is 0.160. The number of carbonyl (C=O) groups is 2. The summed E-state index contributed by atoms with van der Waals surface area (Å²) in [4.78, 5) is 29.5. The lowest BCUT2D eigenvalue weighted by Crippen LogP contribution is -2.30. The first kappa shape index (κ1) is 25.6. The van der Waals surface area contributed by atoms with Gasteiger partial charge in [0.15, 0.2) is 4.80 Å². The second-order valence-electron chi connectivity index (χ2n) is 7.61. The third-order valence-electron chi connectivity index (χ3n) is 5.38. The van der Waals surface area contributed by atoms with Crippen LogP contribution in [0.5, 0.6) is 0 Å². The van der Waals surface area contributed by atoms with E-state index in [1.165, 1.54) is 47.0 Å². The van der Waals surface area contributed by atoms with Crippen molar-refractivity contribution in [2.45, 2.75) is 18.4 Å². The van der Waals surface area contributed by atoms with E-state index in [1.807, 2.05) is 6.07 Å². The van der Waals surface area contributed by atoms with Gasteiger partial charge < -0.3 is 9.30 Å². The summed E-state index contributed by atoms with van der Waals surface area (Å²) in [6.07, 6.45) is 0. The highest BCUT2D eigenvalue weighted by Gasteiger charge is 2.23. The fourth-order valence-corrected chi connectivity index (χ4v) is 6.39. The molecule has 0 aliphatic carbocycles. The number of fused-ring (bicyclic) bond motifs is 1. The van der Waals surface area contributed by atoms with Gasteiger partial charge in [-0.05, 0) is 61.5 Å². The number of anilines is 1. The molecule has 0 fully saturated rings. The van der Waals surface area contributed by atoms with Gasteiger partial charge in [0, 0.05) is 17.1 Å². The maximum atomic E-state index is 13.2. The van der Waals surface area contributed by atoms with Crippen molar-refractivity contribution in [3.8, 4) is 0 Å². The highest BCUT2D eigenvalue weighted by Crippen LogP contribution is 2.24. The van der Waals surface area contributed by atoms with Crippen LogP contribution in [0.4, 0.5) is 5.69 Å². The number of ether oxygens (including phenoxy) is 1. The van der Waals surface area contributed by atoms with Crippen molar-refractivity contribution < 1.29 is 22.7 Å². The standard InChI is InChI=1S/C25H22ClN3O5S2/c1-3-29(19-7-5-4-6-8-19)36(32,33)20-12-9-17(10-13-20)24(31)27-25-28(16-23(30)34-2)21-14-11-18(26)15-22(21)35-25/h4-15H,3,16H2,1-2H3. The second kappa shape index (κ2) is 10.7. The average Bonchev–Trinajstić information content (AvgIpc) is 3.20. The van der Waals surface area contributed by atoms with Crippen molar-refractivity contribution in [2.24, 2.45) is 4.99 Å². The van der Waals surface area contributed by atoms with E-state index in [2.05, 4.69) is 4.99 Å². The van der Waals surface area contributed by atoms with Gasteiger partial charge in [-0.15, -0.1) is 0 Å². The van der Waals surface area contributed by atoms with Gasteiger partial charge in [-0.3, -0.25) is 13.9 Å². The number of halogens is 1. The van der Waals surface area contributed by atoms with E-state index >= 15 is 0 Å². The molecule has 0 atom stereocenters. The summed E-state index contributed by atoms with van der Waals surface area (Å²) in [7, 11) is -2.54. The van der Waals surface area contributed by atoms with Crippen LogP contribution in [0.3, 0.4) is 0 Å². The molecule has 11 heteroatoms. The molecule has 1 heterocycles. The summed E-state index contributed by atoms with van der Waals surface area (Å²) in [5, 5.41) is 0.514. The first-order valence-electron chi connectivity index (χ1n) is 10.9. The van der Waals surface area contributed by atoms with Crippen LogP contribution in [0.15, 0.2) is 82.7 Å². The van der Waals surface area contributed by atoms with Gasteiger partial charge in [-0.2, -0.15) is 4.99 Å². The van der Waals surface area contributed by atoms with Gasteiger partial charge >= 0.3 is 5.97 Å². The number of methoxy groups -OCH3 is 1. The average molecular weight is 544 g/mol. The van der Waals surface area contributed by atoms with E-state index in [9.17, 15) is 18.0 Å². The van der Waals surface area contributed by atoms with Crippen LogP contribution >= 0.6 is 22.9 Å². The Morgan fingerprint density at radius 2 is 1.75 bits per heavy atom. The molecule has 4 aromatic rings. The number of thiazole rings is 1. The first-order chi connectivity index (χ1) is 17.2. The Kier molecular flexibility index (Phi) is 7.58. The molecule has 1 amide bonds. The number of hydrogen-bond donors (Lipinski definition) is 0. The van der Waals surface area contributed by atoms with Crippen molar-refractivity contribution in [3.05, 3.63) is 88.2 Å². The molecule has 0 N–H and O–H groups in total. The van der Waals surface area contributed by atoms with E-state index in [4.69, 9.17) is 16.3 Å². The lowest BCUT2D eigenvalue weighted by molar-refractivity contribution is -0.141. The lowest BCUT2D eigenvalue weighted by atomic mass is 10.2. The number of esters is 1. The van der Waals surface area contributed by atoms with Crippen molar-refractivity contribution in [3.63, 3.8) is 0 Å². The SMILES string of the molecule is CCN(c1ccccc1)S(=O)(=O)c1ccc(C(=O)N=c2sc3cc(Cl)ccc3n2CC(=O)OC)cc1. The van der Waals surface area contributed by atoms with E-state index in [1.54, 1.807) is 54.0 Å². The smallest absolute Gasteiger partial charge is 0.325 e. The number of carbonyl (C=O) groups excluding carboxylic acids is 2. The molecular weight excluding hydrogens is 522 g/mol. The molecule has 0 bridgehead atoms. The molecule has 0 radical (unpaired) electrons. The summed E-state index contributed by atoms with van der Waals surface area (Å²) in [5.74, 6) is -1.07. The molecule has 1 aromatic heterocycles. The molecule has 0 unspecified atom stereocenters. The Hall–Kier alpha value is -3.47. The molecule has 186 valence electrons. The number of nitrogens with zero attached hydrogens (tertiary/aromatic N) is 3. The van der Waals surface area contributed by atoms with Crippen molar-refractivity contribution in [1.82, 2.24) is 4.57 Å². The second-order valence-corrected chi connectivity index (χ2v) is 10.9. The van der Waals surface area contributed by atoms with Crippen LogP contribution in [0, 0.1) is 0 Å². The molecule has 0 aliphatic rings. The molecule has 0 aliphatic heterocycles. The van der Waals surface area contributed by atoms with E-state index < -0.39 is 21.9 Å². The third kappa shape index (κ3) is 5.20.